The quantitative estimate of drug-likeness (QED) is 0.183. The summed E-state index contributed by atoms with van der Waals surface area (Å²) in [7, 11) is 0. The van der Waals surface area contributed by atoms with Gasteiger partial charge in [-0.3, -0.25) is 0 Å². The molecule has 0 N–H and O–H groups in total. The highest BCUT2D eigenvalue weighted by molar-refractivity contribution is 6.29. The van der Waals surface area contributed by atoms with Crippen molar-refractivity contribution in [3.05, 3.63) is 181 Å². The number of rotatable bonds is 4. The van der Waals surface area contributed by atoms with E-state index in [1.807, 2.05) is 0 Å². The SMILES string of the molecule is [2H]c1c([2H])c([2H])c(-n2c3c([2H])c([2H])c([2H])c([2H])c3c3c4c5c([2H])c([2H])c([2H])c([2H])c5n(-c5c([2H])c([2H])c6c([2H])c(-c7nc(-c8c([2H])c([2H])c([2H])c(C)c8[2H])c8c([2H])c([2H])c([2H])c([2H])c8n7)c([2H])c([2H])c6c5[2H])c4c([2H])c([2H])c32)c([2H])c1[2H]. The molecule has 4 heteroatoms. The average molecular weight is 706 g/mol. The predicted octanol–water partition coefficient (Wildman–Crippen LogP) is 12.6. The van der Waals surface area contributed by atoms with Crippen LogP contribution in [0.3, 0.4) is 0 Å². The van der Waals surface area contributed by atoms with E-state index in [2.05, 4.69) is 9.97 Å². The van der Waals surface area contributed by atoms with Crippen molar-refractivity contribution in [1.82, 2.24) is 19.1 Å². The summed E-state index contributed by atoms with van der Waals surface area (Å²) in [5, 5.41) is -3.96. The van der Waals surface area contributed by atoms with Crippen LogP contribution in [0.4, 0.5) is 0 Å². The summed E-state index contributed by atoms with van der Waals surface area (Å²) in [5.74, 6) is -0.748. The first-order chi connectivity index (χ1) is 38.3. The molecule has 53 heavy (non-hydrogen) atoms. The summed E-state index contributed by atoms with van der Waals surface area (Å²) >= 11 is 0. The third-order valence-electron chi connectivity index (χ3n) is 8.60. The Balaban J connectivity index is 1.33. The van der Waals surface area contributed by atoms with Gasteiger partial charge in [0, 0.05) is 49.4 Å². The van der Waals surface area contributed by atoms with E-state index < -0.39 is 275 Å². The van der Waals surface area contributed by atoms with Gasteiger partial charge in [-0.1, -0.05) is 114 Å². The molecule has 0 radical (unpaired) electrons. The van der Waals surface area contributed by atoms with E-state index in [1.54, 1.807) is 0 Å². The number of benzene rings is 8. The molecule has 0 aliphatic rings. The van der Waals surface area contributed by atoms with Gasteiger partial charge < -0.3 is 9.13 Å². The van der Waals surface area contributed by atoms with E-state index in [1.165, 1.54) is 6.92 Å². The number of nitrogens with zero attached hydrogens (tertiary/aromatic N) is 4. The van der Waals surface area contributed by atoms with Crippen molar-refractivity contribution < 1.29 is 39.8 Å². The Hall–Kier alpha value is -7.04. The van der Waals surface area contributed by atoms with Gasteiger partial charge in [-0.2, -0.15) is 0 Å². The van der Waals surface area contributed by atoms with Gasteiger partial charge in [0.15, 0.2) is 5.82 Å². The molecule has 4 nitrogen and oxygen atoms in total. The van der Waals surface area contributed by atoms with Crippen molar-refractivity contribution in [3.8, 4) is 34.0 Å². The Labute approximate surface area is 346 Å². The van der Waals surface area contributed by atoms with E-state index >= 15 is 0 Å². The van der Waals surface area contributed by atoms with Gasteiger partial charge in [-0.25, -0.2) is 9.97 Å². The molecular formula is C49H32N4. The van der Waals surface area contributed by atoms with Gasteiger partial charge in [-0.15, -0.1) is 0 Å². The normalized spacial score (nSPS) is 19.5. The molecule has 8 aromatic carbocycles. The molecule has 0 aliphatic heterocycles. The summed E-state index contributed by atoms with van der Waals surface area (Å²) in [6.07, 6.45) is 0. The fourth-order valence-corrected chi connectivity index (χ4v) is 6.43. The van der Waals surface area contributed by atoms with E-state index in [-0.39, 0.29) is 5.56 Å². The molecule has 0 atom stereocenters. The maximum absolute atomic E-state index is 9.84. The zero-order valence-electron chi connectivity index (χ0n) is 55.8. The zero-order valence-corrected chi connectivity index (χ0v) is 26.8. The van der Waals surface area contributed by atoms with Crippen molar-refractivity contribution in [2.45, 2.75) is 6.92 Å². The fraction of sp³-hybridized carbons (Fsp3) is 0.0204. The molecule has 3 heterocycles. The monoisotopic (exact) mass is 705 g/mol. The Kier molecular flexibility index (Phi) is 2.79. The molecule has 11 rings (SSSR count). The second-order valence-corrected chi connectivity index (χ2v) is 11.6. The Bertz CT molecular complexity index is 4870. The minimum Gasteiger partial charge on any atom is -0.309 e. The molecule has 0 spiro atoms. The van der Waals surface area contributed by atoms with E-state index in [0.717, 1.165) is 9.13 Å². The van der Waals surface area contributed by atoms with Gasteiger partial charge in [0.1, 0.15) is 0 Å². The maximum Gasteiger partial charge on any atom is 0.160 e. The van der Waals surface area contributed by atoms with E-state index in [9.17, 15) is 15.1 Å². The lowest BCUT2D eigenvalue weighted by Gasteiger charge is -2.12. The van der Waals surface area contributed by atoms with Crippen LogP contribution in [-0.2, 0) is 0 Å². The molecule has 3 aromatic heterocycles. The number of para-hydroxylation sites is 4. The van der Waals surface area contributed by atoms with Crippen molar-refractivity contribution >= 4 is 65.3 Å². The second kappa shape index (κ2) is 11.5. The summed E-state index contributed by atoms with van der Waals surface area (Å²) in [5.41, 5.74) is -6.56. The molecule has 0 unspecified atom stereocenters. The van der Waals surface area contributed by atoms with E-state index in [0.29, 0.717) is 0 Å². The molecule has 0 fully saturated rings. The number of hydrogen-bond donors (Lipinski definition) is 0. The lowest BCUT2D eigenvalue weighted by atomic mass is 10.0. The van der Waals surface area contributed by atoms with Crippen LogP contribution in [0.2, 0.25) is 0 Å². The minimum absolute atomic E-state index is 0.125. The Morgan fingerprint density at radius 1 is 0.434 bits per heavy atom. The first-order valence-corrected chi connectivity index (χ1v) is 15.7. The Morgan fingerprint density at radius 2 is 1.06 bits per heavy atom. The number of hydrogen-bond acceptors (Lipinski definition) is 2. The van der Waals surface area contributed by atoms with Crippen LogP contribution in [0.5, 0.6) is 0 Å². The predicted molar refractivity (Wildman–Crippen MR) is 221 cm³/mol. The van der Waals surface area contributed by atoms with Crippen LogP contribution in [0.15, 0.2) is 175 Å². The summed E-state index contributed by atoms with van der Waals surface area (Å²) < 4.78 is 263. The molecule has 0 bridgehead atoms. The van der Waals surface area contributed by atoms with Crippen LogP contribution in [0, 0.1) is 6.92 Å². The average Bonchev–Trinajstić information content (AvgIpc) is 4.15. The smallest absolute Gasteiger partial charge is 0.160 e. The third kappa shape index (κ3) is 4.56. The molecule has 0 saturated carbocycles. The fourth-order valence-electron chi connectivity index (χ4n) is 6.43. The second-order valence-electron chi connectivity index (χ2n) is 11.6. The first-order valence-electron chi connectivity index (χ1n) is 30.2. The molecule has 0 amide bonds. The van der Waals surface area contributed by atoms with E-state index in [4.69, 9.17) is 24.7 Å². The van der Waals surface area contributed by atoms with Crippen molar-refractivity contribution in [2.75, 3.05) is 0 Å². The van der Waals surface area contributed by atoms with Crippen LogP contribution in [0.1, 0.15) is 45.3 Å². The zero-order chi connectivity index (χ0) is 60.3. The highest BCUT2D eigenvalue weighted by Crippen LogP contribution is 2.42. The minimum atomic E-state index is -1.05. The largest absolute Gasteiger partial charge is 0.309 e. The lowest BCUT2D eigenvalue weighted by molar-refractivity contribution is 1.17. The number of aromatic nitrogens is 4. The molecular weight excluding hydrogens is 645 g/mol. The Morgan fingerprint density at radius 3 is 1.81 bits per heavy atom. The van der Waals surface area contributed by atoms with Crippen LogP contribution < -0.4 is 0 Å². The molecule has 0 saturated heterocycles. The highest BCUT2D eigenvalue weighted by atomic mass is 15.0. The maximum atomic E-state index is 9.84. The van der Waals surface area contributed by atoms with Crippen molar-refractivity contribution in [2.24, 2.45) is 0 Å². The highest BCUT2D eigenvalue weighted by Gasteiger charge is 2.20. The molecule has 11 aromatic rings. The topological polar surface area (TPSA) is 35.6 Å². The van der Waals surface area contributed by atoms with Gasteiger partial charge in [-0.05, 0) is 84.2 Å². The van der Waals surface area contributed by atoms with Crippen molar-refractivity contribution in [3.63, 3.8) is 0 Å². The van der Waals surface area contributed by atoms with Gasteiger partial charge >= 0.3 is 0 Å². The van der Waals surface area contributed by atoms with Gasteiger partial charge in [0.25, 0.3) is 0 Å². The summed E-state index contributed by atoms with van der Waals surface area (Å²) in [6, 6.07) is -25.1. The molecule has 0 aliphatic carbocycles. The molecule has 248 valence electrons. The van der Waals surface area contributed by atoms with Crippen LogP contribution in [0.25, 0.3) is 99.3 Å². The van der Waals surface area contributed by atoms with Crippen LogP contribution in [-0.4, -0.2) is 19.1 Å². The third-order valence-corrected chi connectivity index (χ3v) is 8.60. The van der Waals surface area contributed by atoms with Gasteiger partial charge in [0.2, 0.25) is 0 Å². The summed E-state index contributed by atoms with van der Waals surface area (Å²) in [4.78, 5) is 8.78. The summed E-state index contributed by atoms with van der Waals surface area (Å²) in [6.45, 7) is 1.30. The van der Waals surface area contributed by atoms with Crippen molar-refractivity contribution in [1.29, 1.82) is 0 Å². The standard InChI is InChI=1S/C49H32N4/c1-31-12-11-13-34(28-31)48-38-16-5-8-19-41(38)50-49(51-48)35-23-22-33-30-37(25-24-32(33)29-35)53-43-21-10-7-18-40(43)47-45(53)27-26-44-46(47)39-17-6-9-20-42(39)52(44)36-14-3-2-4-15-36/h2-30H,1H3/i2D,3D,4D,5D,6D,7D,8D,9D,10D,11D,12D,13D,14D,15D,16D,17D,18D,19D,20D,21D,22D,23D,24D,25D,26D,27D,28D,29D,30D. The van der Waals surface area contributed by atoms with Gasteiger partial charge in [0.05, 0.1) is 73.0 Å². The number of fused-ring (bicyclic) bond motifs is 9. The first kappa shape index (κ1) is 12.9. The van der Waals surface area contributed by atoms with Crippen LogP contribution >= 0.6 is 0 Å². The lowest BCUT2D eigenvalue weighted by Crippen LogP contribution is -1.96.